The fraction of sp³-hybridized carbons (Fsp3) is 0.529. The van der Waals surface area contributed by atoms with Crippen LogP contribution in [0.3, 0.4) is 0 Å². The van der Waals surface area contributed by atoms with Gasteiger partial charge in [0.2, 0.25) is 0 Å². The fourth-order valence-electron chi connectivity index (χ4n) is 3.34. The standard InChI is InChI=1S/C17H24N4O/c1-12-5-4-6-15-16(12)18-11-19-17(15)21-8-7-20(9-13(21)2)10-14(3)22/h4-6,11,13-14,22H,7-10H2,1-3H3. The average Bonchev–Trinajstić information content (AvgIpc) is 2.47. The van der Waals surface area contributed by atoms with Gasteiger partial charge in [-0.3, -0.25) is 4.90 Å². The van der Waals surface area contributed by atoms with Crippen LogP contribution < -0.4 is 4.90 Å². The number of hydrogen-bond acceptors (Lipinski definition) is 5. The Balaban J connectivity index is 1.88. The van der Waals surface area contributed by atoms with E-state index >= 15 is 0 Å². The number of fused-ring (bicyclic) bond motifs is 1. The van der Waals surface area contributed by atoms with Gasteiger partial charge in [0, 0.05) is 37.6 Å². The van der Waals surface area contributed by atoms with Gasteiger partial charge in [-0.1, -0.05) is 12.1 Å². The highest BCUT2D eigenvalue weighted by molar-refractivity contribution is 5.91. The first-order valence-electron chi connectivity index (χ1n) is 7.93. The highest BCUT2D eigenvalue weighted by Crippen LogP contribution is 2.27. The van der Waals surface area contributed by atoms with Crippen LogP contribution in [0.25, 0.3) is 10.9 Å². The van der Waals surface area contributed by atoms with Gasteiger partial charge in [0.1, 0.15) is 12.1 Å². The summed E-state index contributed by atoms with van der Waals surface area (Å²) in [6, 6.07) is 6.63. The quantitative estimate of drug-likeness (QED) is 0.937. The summed E-state index contributed by atoms with van der Waals surface area (Å²) >= 11 is 0. The Morgan fingerprint density at radius 2 is 2.14 bits per heavy atom. The van der Waals surface area contributed by atoms with E-state index in [0.717, 1.165) is 42.9 Å². The van der Waals surface area contributed by atoms with E-state index in [9.17, 15) is 5.11 Å². The Kier molecular flexibility index (Phi) is 4.27. The molecule has 5 nitrogen and oxygen atoms in total. The smallest absolute Gasteiger partial charge is 0.140 e. The van der Waals surface area contributed by atoms with Crippen LogP contribution in [0, 0.1) is 6.92 Å². The van der Waals surface area contributed by atoms with Gasteiger partial charge in [-0.05, 0) is 32.4 Å². The molecule has 2 heterocycles. The lowest BCUT2D eigenvalue weighted by atomic mass is 10.1. The van der Waals surface area contributed by atoms with Gasteiger partial charge < -0.3 is 10.0 Å². The second-order valence-corrected chi connectivity index (χ2v) is 6.32. The second kappa shape index (κ2) is 6.18. The lowest BCUT2D eigenvalue weighted by Gasteiger charge is -2.41. The van der Waals surface area contributed by atoms with Crippen LogP contribution in [0.4, 0.5) is 5.82 Å². The summed E-state index contributed by atoms with van der Waals surface area (Å²) in [6.07, 6.45) is 1.39. The Morgan fingerprint density at radius 3 is 2.86 bits per heavy atom. The van der Waals surface area contributed by atoms with Crippen molar-refractivity contribution in [2.24, 2.45) is 0 Å². The van der Waals surface area contributed by atoms with E-state index in [1.165, 1.54) is 5.56 Å². The molecule has 3 rings (SSSR count). The minimum atomic E-state index is -0.277. The third-order valence-electron chi connectivity index (χ3n) is 4.35. The summed E-state index contributed by atoms with van der Waals surface area (Å²) in [4.78, 5) is 13.7. The topological polar surface area (TPSA) is 52.5 Å². The minimum absolute atomic E-state index is 0.277. The van der Waals surface area contributed by atoms with Crippen molar-refractivity contribution in [2.45, 2.75) is 32.9 Å². The number of aliphatic hydroxyl groups excluding tert-OH is 1. The van der Waals surface area contributed by atoms with Crippen molar-refractivity contribution in [1.82, 2.24) is 14.9 Å². The number of aryl methyl sites for hydroxylation is 1. The van der Waals surface area contributed by atoms with Crippen LogP contribution in [-0.4, -0.2) is 58.3 Å². The molecule has 1 aromatic heterocycles. The van der Waals surface area contributed by atoms with Crippen LogP contribution in [0.15, 0.2) is 24.5 Å². The zero-order chi connectivity index (χ0) is 15.7. The van der Waals surface area contributed by atoms with Gasteiger partial charge in [0.05, 0.1) is 11.6 Å². The predicted molar refractivity (Wildman–Crippen MR) is 89.2 cm³/mol. The van der Waals surface area contributed by atoms with E-state index in [4.69, 9.17) is 0 Å². The second-order valence-electron chi connectivity index (χ2n) is 6.32. The Hall–Kier alpha value is -1.72. The van der Waals surface area contributed by atoms with Crippen LogP contribution >= 0.6 is 0 Å². The molecule has 0 saturated carbocycles. The van der Waals surface area contributed by atoms with Crippen molar-refractivity contribution >= 4 is 16.7 Å². The van der Waals surface area contributed by atoms with Gasteiger partial charge in [-0.15, -0.1) is 0 Å². The molecule has 1 aromatic carbocycles. The summed E-state index contributed by atoms with van der Waals surface area (Å²) in [7, 11) is 0. The highest BCUT2D eigenvalue weighted by atomic mass is 16.3. The largest absolute Gasteiger partial charge is 0.392 e. The minimum Gasteiger partial charge on any atom is -0.392 e. The normalized spacial score (nSPS) is 21.3. The fourth-order valence-corrected chi connectivity index (χ4v) is 3.34. The van der Waals surface area contributed by atoms with Gasteiger partial charge in [0.25, 0.3) is 0 Å². The molecule has 118 valence electrons. The van der Waals surface area contributed by atoms with E-state index in [-0.39, 0.29) is 6.10 Å². The maximum atomic E-state index is 9.57. The third-order valence-corrected chi connectivity index (χ3v) is 4.35. The number of piperazine rings is 1. The molecule has 1 aliphatic heterocycles. The number of benzene rings is 1. The summed E-state index contributed by atoms with van der Waals surface area (Å²) in [5.74, 6) is 1.03. The molecule has 1 N–H and O–H groups in total. The van der Waals surface area contributed by atoms with Crippen molar-refractivity contribution < 1.29 is 5.11 Å². The van der Waals surface area contributed by atoms with E-state index in [1.54, 1.807) is 6.33 Å². The van der Waals surface area contributed by atoms with E-state index in [2.05, 4.69) is 51.8 Å². The number of anilines is 1. The molecule has 0 radical (unpaired) electrons. The van der Waals surface area contributed by atoms with Gasteiger partial charge >= 0.3 is 0 Å². The highest BCUT2D eigenvalue weighted by Gasteiger charge is 2.26. The number of rotatable bonds is 3. The number of β-amino-alcohol motifs (C(OH)–C–C–N with tert-alkyl or cyclic N) is 1. The molecule has 1 saturated heterocycles. The molecule has 2 aromatic rings. The number of hydrogen-bond donors (Lipinski definition) is 1. The number of para-hydroxylation sites is 1. The molecule has 2 atom stereocenters. The van der Waals surface area contributed by atoms with Gasteiger partial charge in [0.15, 0.2) is 0 Å². The maximum absolute atomic E-state index is 9.57. The Labute approximate surface area is 131 Å². The number of aromatic nitrogens is 2. The first-order valence-corrected chi connectivity index (χ1v) is 7.93. The predicted octanol–water partition coefficient (Wildman–Crippen LogP) is 1.83. The van der Waals surface area contributed by atoms with Crippen molar-refractivity contribution in [3.05, 3.63) is 30.1 Å². The molecular weight excluding hydrogens is 276 g/mol. The SMILES string of the molecule is Cc1cccc2c(N3CCN(CC(C)O)CC3C)ncnc12. The van der Waals surface area contributed by atoms with Crippen LogP contribution in [-0.2, 0) is 0 Å². The van der Waals surface area contributed by atoms with Crippen LogP contribution in [0.5, 0.6) is 0 Å². The maximum Gasteiger partial charge on any atom is 0.140 e. The molecule has 0 amide bonds. The van der Waals surface area contributed by atoms with Crippen molar-refractivity contribution in [1.29, 1.82) is 0 Å². The lowest BCUT2D eigenvalue weighted by Crippen LogP contribution is -2.53. The number of nitrogens with zero attached hydrogens (tertiary/aromatic N) is 4. The Morgan fingerprint density at radius 1 is 1.32 bits per heavy atom. The third kappa shape index (κ3) is 2.91. The Bertz CT molecular complexity index is 658. The summed E-state index contributed by atoms with van der Waals surface area (Å²) in [6.45, 7) is 9.71. The average molecular weight is 300 g/mol. The van der Waals surface area contributed by atoms with Gasteiger partial charge in [-0.2, -0.15) is 0 Å². The molecule has 2 unspecified atom stereocenters. The van der Waals surface area contributed by atoms with Crippen LogP contribution in [0.1, 0.15) is 19.4 Å². The molecule has 0 spiro atoms. The first-order chi connectivity index (χ1) is 10.6. The zero-order valence-corrected chi connectivity index (χ0v) is 13.5. The monoisotopic (exact) mass is 300 g/mol. The summed E-state index contributed by atoms with van der Waals surface area (Å²) < 4.78 is 0. The van der Waals surface area contributed by atoms with Crippen LogP contribution in [0.2, 0.25) is 0 Å². The molecule has 5 heteroatoms. The van der Waals surface area contributed by atoms with Crippen molar-refractivity contribution in [3.8, 4) is 0 Å². The molecule has 1 aliphatic rings. The number of aliphatic hydroxyl groups is 1. The lowest BCUT2D eigenvalue weighted by molar-refractivity contribution is 0.114. The molecular formula is C17H24N4O. The summed E-state index contributed by atoms with van der Waals surface area (Å²) in [5.41, 5.74) is 2.22. The molecule has 0 bridgehead atoms. The van der Waals surface area contributed by atoms with E-state index < -0.39 is 0 Å². The molecule has 0 aliphatic carbocycles. The van der Waals surface area contributed by atoms with Crippen molar-refractivity contribution in [3.63, 3.8) is 0 Å². The summed E-state index contributed by atoms with van der Waals surface area (Å²) in [5, 5.41) is 10.7. The molecule has 1 fully saturated rings. The zero-order valence-electron chi connectivity index (χ0n) is 13.5. The van der Waals surface area contributed by atoms with E-state index in [0.29, 0.717) is 6.04 Å². The van der Waals surface area contributed by atoms with Gasteiger partial charge in [-0.25, -0.2) is 9.97 Å². The first kappa shape index (κ1) is 15.2. The molecule has 22 heavy (non-hydrogen) atoms. The van der Waals surface area contributed by atoms with E-state index in [1.807, 2.05) is 6.92 Å². The van der Waals surface area contributed by atoms with Crippen molar-refractivity contribution in [2.75, 3.05) is 31.1 Å².